The van der Waals surface area contributed by atoms with Gasteiger partial charge in [-0.3, -0.25) is 4.79 Å². The van der Waals surface area contributed by atoms with Gasteiger partial charge < -0.3 is 19.8 Å². The van der Waals surface area contributed by atoms with Crippen molar-refractivity contribution in [3.05, 3.63) is 29.8 Å². The van der Waals surface area contributed by atoms with Crippen LogP contribution in [-0.2, 0) is 11.2 Å². The smallest absolute Gasteiger partial charge is 0.310 e. The number of para-hydroxylation sites is 1. The quantitative estimate of drug-likeness (QED) is 0.860. The van der Waals surface area contributed by atoms with E-state index in [2.05, 4.69) is 0 Å². The molecule has 2 N–H and O–H groups in total. The van der Waals surface area contributed by atoms with Gasteiger partial charge in [0.25, 0.3) is 0 Å². The van der Waals surface area contributed by atoms with Crippen LogP contribution in [-0.4, -0.2) is 53.9 Å². The summed E-state index contributed by atoms with van der Waals surface area (Å²) in [6.45, 7) is 0.371. The van der Waals surface area contributed by atoms with E-state index < -0.39 is 18.0 Å². The van der Waals surface area contributed by atoms with Crippen molar-refractivity contribution in [1.82, 2.24) is 4.90 Å². The van der Waals surface area contributed by atoms with Gasteiger partial charge in [-0.05, 0) is 31.5 Å². The highest BCUT2D eigenvalue weighted by molar-refractivity contribution is 5.71. The van der Waals surface area contributed by atoms with Crippen LogP contribution < -0.4 is 4.74 Å². The summed E-state index contributed by atoms with van der Waals surface area (Å²) in [5.74, 6) is -0.801. The first-order chi connectivity index (χ1) is 9.52. The molecular formula is C15H21NO4. The highest BCUT2D eigenvalue weighted by atomic mass is 16.5. The molecule has 1 aliphatic rings. The number of carboxylic acid groups (broad SMARTS) is 1. The summed E-state index contributed by atoms with van der Waals surface area (Å²) in [4.78, 5) is 13.1. The first-order valence-electron chi connectivity index (χ1n) is 6.76. The zero-order chi connectivity index (χ0) is 14.7. The molecule has 5 heteroatoms. The Morgan fingerprint density at radius 2 is 2.15 bits per heavy atom. The van der Waals surface area contributed by atoms with Crippen LogP contribution in [0.3, 0.4) is 0 Å². The molecule has 2 rings (SSSR count). The third-order valence-electron chi connectivity index (χ3n) is 4.05. The van der Waals surface area contributed by atoms with Crippen molar-refractivity contribution < 1.29 is 19.7 Å². The normalized spacial score (nSPS) is 27.2. The Balaban J connectivity index is 2.09. The van der Waals surface area contributed by atoms with Crippen molar-refractivity contribution in [2.75, 3.05) is 20.7 Å². The zero-order valence-corrected chi connectivity index (χ0v) is 11.8. The fourth-order valence-corrected chi connectivity index (χ4v) is 2.81. The lowest BCUT2D eigenvalue weighted by molar-refractivity contribution is -0.149. The number of aliphatic carboxylic acids is 1. The third-order valence-corrected chi connectivity index (χ3v) is 4.05. The maximum Gasteiger partial charge on any atom is 0.310 e. The number of likely N-dealkylation sites (N-methyl/N-ethyl adjacent to an activating group) is 1. The molecule has 0 spiro atoms. The van der Waals surface area contributed by atoms with Crippen LogP contribution in [0.5, 0.6) is 5.75 Å². The van der Waals surface area contributed by atoms with Gasteiger partial charge in [0, 0.05) is 12.6 Å². The number of nitrogens with zero attached hydrogens (tertiary/aromatic N) is 1. The predicted molar refractivity (Wildman–Crippen MR) is 74.9 cm³/mol. The average molecular weight is 279 g/mol. The summed E-state index contributed by atoms with van der Waals surface area (Å²) in [5.41, 5.74) is 1.08. The monoisotopic (exact) mass is 279 g/mol. The Hall–Kier alpha value is -1.59. The van der Waals surface area contributed by atoms with Crippen LogP contribution in [0.25, 0.3) is 0 Å². The summed E-state index contributed by atoms with van der Waals surface area (Å²) in [5, 5.41) is 19.1. The van der Waals surface area contributed by atoms with E-state index in [9.17, 15) is 9.90 Å². The van der Waals surface area contributed by atoms with Crippen molar-refractivity contribution in [2.45, 2.75) is 25.0 Å². The number of methoxy groups -OCH3 is 1. The molecule has 1 saturated heterocycles. The fourth-order valence-electron chi connectivity index (χ4n) is 2.81. The Labute approximate surface area is 118 Å². The number of piperidine rings is 1. The molecule has 0 amide bonds. The Kier molecular flexibility index (Phi) is 4.62. The molecular weight excluding hydrogens is 258 g/mol. The number of ether oxygens (including phenoxy) is 1. The number of hydrogen-bond acceptors (Lipinski definition) is 4. The van der Waals surface area contributed by atoms with Gasteiger partial charge in [-0.15, -0.1) is 0 Å². The maximum atomic E-state index is 11.1. The van der Waals surface area contributed by atoms with Gasteiger partial charge in [-0.1, -0.05) is 18.2 Å². The third kappa shape index (κ3) is 3.11. The summed E-state index contributed by atoms with van der Waals surface area (Å²) < 4.78 is 5.33. The number of rotatable bonds is 4. The summed E-state index contributed by atoms with van der Waals surface area (Å²) in [7, 11) is 3.54. The van der Waals surface area contributed by atoms with Crippen molar-refractivity contribution >= 4 is 5.97 Å². The van der Waals surface area contributed by atoms with E-state index in [4.69, 9.17) is 9.84 Å². The summed E-state index contributed by atoms with van der Waals surface area (Å²) in [6, 6.07) is 7.91. The largest absolute Gasteiger partial charge is 0.496 e. The van der Waals surface area contributed by atoms with Crippen molar-refractivity contribution in [2.24, 2.45) is 5.92 Å². The van der Waals surface area contributed by atoms with E-state index in [0.29, 0.717) is 13.0 Å². The topological polar surface area (TPSA) is 70.0 Å². The number of aliphatic hydroxyl groups is 1. The minimum Gasteiger partial charge on any atom is -0.496 e. The number of carbonyl (C=O) groups is 1. The number of hydrogen-bond donors (Lipinski definition) is 2. The fraction of sp³-hybridized carbons (Fsp3) is 0.533. The number of aliphatic hydroxyl groups excluding tert-OH is 1. The predicted octanol–water partition coefficient (Wildman–Crippen LogP) is 1.00. The van der Waals surface area contributed by atoms with Gasteiger partial charge >= 0.3 is 5.97 Å². The maximum absolute atomic E-state index is 11.1. The molecule has 0 saturated carbocycles. The number of benzene rings is 1. The molecule has 3 atom stereocenters. The minimum atomic E-state index is -0.930. The van der Waals surface area contributed by atoms with Gasteiger partial charge in [0.2, 0.25) is 0 Å². The van der Waals surface area contributed by atoms with Gasteiger partial charge in [-0.25, -0.2) is 0 Å². The van der Waals surface area contributed by atoms with Gasteiger partial charge in [0.1, 0.15) is 5.75 Å². The van der Waals surface area contributed by atoms with Crippen LogP contribution >= 0.6 is 0 Å². The van der Waals surface area contributed by atoms with E-state index in [1.165, 1.54) is 0 Å². The summed E-state index contributed by atoms with van der Waals surface area (Å²) in [6.07, 6.45) is 0.415. The number of carboxylic acids is 1. The van der Waals surface area contributed by atoms with Crippen LogP contribution in [0.15, 0.2) is 24.3 Å². The molecule has 0 aromatic heterocycles. The molecule has 1 aliphatic heterocycles. The van der Waals surface area contributed by atoms with Crippen molar-refractivity contribution in [3.8, 4) is 5.75 Å². The van der Waals surface area contributed by atoms with Crippen molar-refractivity contribution in [3.63, 3.8) is 0 Å². The first kappa shape index (κ1) is 14.8. The first-order valence-corrected chi connectivity index (χ1v) is 6.76. The zero-order valence-electron chi connectivity index (χ0n) is 11.8. The van der Waals surface area contributed by atoms with E-state index in [0.717, 1.165) is 17.7 Å². The second-order valence-corrected chi connectivity index (χ2v) is 5.36. The van der Waals surface area contributed by atoms with E-state index in [1.54, 1.807) is 7.11 Å². The molecule has 3 unspecified atom stereocenters. The lowest BCUT2D eigenvalue weighted by Gasteiger charge is -2.38. The van der Waals surface area contributed by atoms with E-state index in [-0.39, 0.29) is 6.04 Å². The van der Waals surface area contributed by atoms with Gasteiger partial charge in [0.15, 0.2) is 0 Å². The average Bonchev–Trinajstić information content (AvgIpc) is 2.42. The molecule has 110 valence electrons. The van der Waals surface area contributed by atoms with Crippen LogP contribution in [0.1, 0.15) is 12.0 Å². The molecule has 1 aromatic carbocycles. The lowest BCUT2D eigenvalue weighted by Crippen LogP contribution is -2.50. The number of likely N-dealkylation sites (tertiary alicyclic amines) is 1. The molecule has 0 aliphatic carbocycles. The lowest BCUT2D eigenvalue weighted by atomic mass is 9.87. The molecule has 1 heterocycles. The van der Waals surface area contributed by atoms with Crippen molar-refractivity contribution in [1.29, 1.82) is 0 Å². The summed E-state index contributed by atoms with van der Waals surface area (Å²) >= 11 is 0. The minimum absolute atomic E-state index is 0.122. The standard InChI is InChI=1S/C15H21NO4/c1-16-9-12(15(18)19)13(17)8-11(16)7-10-5-3-4-6-14(10)20-2/h3-6,11-13,17H,7-9H2,1-2H3,(H,18,19). The van der Waals surface area contributed by atoms with E-state index in [1.807, 2.05) is 36.2 Å². The highest BCUT2D eigenvalue weighted by Gasteiger charge is 2.37. The Morgan fingerprint density at radius 3 is 2.80 bits per heavy atom. The van der Waals surface area contributed by atoms with Gasteiger partial charge in [0.05, 0.1) is 19.1 Å². The Bertz CT molecular complexity index is 477. The van der Waals surface area contributed by atoms with Crippen LogP contribution in [0, 0.1) is 5.92 Å². The molecule has 0 radical (unpaired) electrons. The van der Waals surface area contributed by atoms with E-state index >= 15 is 0 Å². The second kappa shape index (κ2) is 6.24. The highest BCUT2D eigenvalue weighted by Crippen LogP contribution is 2.27. The van der Waals surface area contributed by atoms with Gasteiger partial charge in [-0.2, -0.15) is 0 Å². The SMILES string of the molecule is COc1ccccc1CC1CC(O)C(C(=O)O)CN1C. The van der Waals surface area contributed by atoms with Crippen LogP contribution in [0.2, 0.25) is 0 Å². The molecule has 5 nitrogen and oxygen atoms in total. The molecule has 0 bridgehead atoms. The van der Waals surface area contributed by atoms with Crippen LogP contribution in [0.4, 0.5) is 0 Å². The second-order valence-electron chi connectivity index (χ2n) is 5.36. The Morgan fingerprint density at radius 1 is 1.45 bits per heavy atom. The molecule has 20 heavy (non-hydrogen) atoms. The molecule has 1 aromatic rings. The molecule has 1 fully saturated rings.